The first-order valence-corrected chi connectivity index (χ1v) is 12.4. The maximum Gasteiger partial charge on any atom is -0.0180 e. The van der Waals surface area contributed by atoms with Crippen LogP contribution >= 0.6 is 0 Å². The first-order valence-electron chi connectivity index (χ1n) is 12.4. The summed E-state index contributed by atoms with van der Waals surface area (Å²) in [5.41, 5.74) is 2.55. The maximum atomic E-state index is 4.34. The lowest BCUT2D eigenvalue weighted by molar-refractivity contribution is -0.115. The molecular weight excluding hydrogens is 336 g/mol. The lowest BCUT2D eigenvalue weighted by Crippen LogP contribution is -2.53. The summed E-state index contributed by atoms with van der Waals surface area (Å²) < 4.78 is 0. The quantitative estimate of drug-likeness (QED) is 0.419. The summed E-state index contributed by atoms with van der Waals surface area (Å²) in [7, 11) is 0. The molecule has 0 aliphatic heterocycles. The summed E-state index contributed by atoms with van der Waals surface area (Å²) in [4.78, 5) is 0. The van der Waals surface area contributed by atoms with Gasteiger partial charge in [-0.3, -0.25) is 0 Å². The van der Waals surface area contributed by atoms with Crippen LogP contribution in [0.2, 0.25) is 0 Å². The van der Waals surface area contributed by atoms with E-state index >= 15 is 0 Å². The Kier molecular flexibility index (Phi) is 9.36. The van der Waals surface area contributed by atoms with Gasteiger partial charge in [-0.2, -0.15) is 0 Å². The van der Waals surface area contributed by atoms with Gasteiger partial charge in [-0.25, -0.2) is 0 Å². The van der Waals surface area contributed by atoms with Crippen molar-refractivity contribution in [3.05, 3.63) is 12.2 Å². The van der Waals surface area contributed by atoms with Crippen LogP contribution in [0.4, 0.5) is 0 Å². The molecule has 28 heavy (non-hydrogen) atoms. The van der Waals surface area contributed by atoms with Gasteiger partial charge in [-0.15, -0.1) is 0 Å². The zero-order chi connectivity index (χ0) is 20.4. The van der Waals surface area contributed by atoms with Crippen molar-refractivity contribution in [2.45, 2.75) is 121 Å². The third kappa shape index (κ3) is 4.41. The van der Waals surface area contributed by atoms with Gasteiger partial charge in [0.25, 0.3) is 0 Å². The highest BCUT2D eigenvalue weighted by atomic mass is 14.6. The highest BCUT2D eigenvalue weighted by Crippen LogP contribution is 2.64. The second-order valence-corrected chi connectivity index (χ2v) is 10.8. The topological polar surface area (TPSA) is 0 Å². The van der Waals surface area contributed by atoms with Crippen molar-refractivity contribution in [1.82, 2.24) is 0 Å². The van der Waals surface area contributed by atoms with Gasteiger partial charge < -0.3 is 0 Å². The molecule has 0 heterocycles. The van der Waals surface area contributed by atoms with E-state index < -0.39 is 0 Å². The smallest absolute Gasteiger partial charge is 0.0180 e. The fraction of sp³-hybridized carbons (Fsp3) is 0.929. The number of hydrogen-bond acceptors (Lipinski definition) is 0. The van der Waals surface area contributed by atoms with Crippen molar-refractivity contribution in [2.24, 2.45) is 46.3 Å². The third-order valence-corrected chi connectivity index (χ3v) is 9.78. The molecule has 3 fully saturated rings. The summed E-state index contributed by atoms with van der Waals surface area (Å²) in [5.74, 6) is 5.62. The molecular formula is C28H54. The Hall–Kier alpha value is -0.260. The standard InChI is InChI=1S/C25H44.C2H6.CH4/c1-8-19-10-11-23-21-13-15-25(7,18(5)17(3)4)22(9-2)20(21)12-14-24(23,6)16-19;1-2;/h18-23H,3,8-16H2,1-2,4-7H3;1-2H3;1H4. The summed E-state index contributed by atoms with van der Waals surface area (Å²) in [6.07, 6.45) is 13.3. The summed E-state index contributed by atoms with van der Waals surface area (Å²) >= 11 is 0. The molecule has 3 aliphatic carbocycles. The lowest BCUT2D eigenvalue weighted by atomic mass is 9.44. The predicted octanol–water partition coefficient (Wildman–Crippen LogP) is 9.55. The van der Waals surface area contributed by atoms with Gasteiger partial charge >= 0.3 is 0 Å². The second-order valence-electron chi connectivity index (χ2n) is 10.8. The molecule has 166 valence electrons. The van der Waals surface area contributed by atoms with Crippen molar-refractivity contribution < 1.29 is 0 Å². The van der Waals surface area contributed by atoms with Crippen molar-refractivity contribution >= 4 is 0 Å². The maximum absolute atomic E-state index is 4.34. The molecule has 0 spiro atoms. The van der Waals surface area contributed by atoms with Gasteiger partial charge in [-0.05, 0) is 91.8 Å². The number of allylic oxidation sites excluding steroid dienone is 1. The second kappa shape index (κ2) is 10.2. The molecule has 0 N–H and O–H groups in total. The average molecular weight is 391 g/mol. The van der Waals surface area contributed by atoms with Gasteiger partial charge in [0.2, 0.25) is 0 Å². The monoisotopic (exact) mass is 390 g/mol. The van der Waals surface area contributed by atoms with Crippen LogP contribution in [0.1, 0.15) is 121 Å². The van der Waals surface area contributed by atoms with Gasteiger partial charge in [0.05, 0.1) is 0 Å². The summed E-state index contributed by atoms with van der Waals surface area (Å²) in [6.45, 7) is 23.2. The van der Waals surface area contributed by atoms with E-state index in [1.54, 1.807) is 0 Å². The number of fused-ring (bicyclic) bond motifs is 3. The Morgan fingerprint density at radius 1 is 0.964 bits per heavy atom. The highest BCUT2D eigenvalue weighted by molar-refractivity contribution is 5.10. The van der Waals surface area contributed by atoms with Crippen LogP contribution in [0.3, 0.4) is 0 Å². The fourth-order valence-corrected chi connectivity index (χ4v) is 7.99. The van der Waals surface area contributed by atoms with Crippen LogP contribution in [-0.4, -0.2) is 0 Å². The molecule has 8 atom stereocenters. The largest absolute Gasteiger partial charge is 0.0999 e. The van der Waals surface area contributed by atoms with Gasteiger partial charge in [0.1, 0.15) is 0 Å². The molecule has 0 aromatic carbocycles. The van der Waals surface area contributed by atoms with E-state index in [2.05, 4.69) is 48.1 Å². The first kappa shape index (κ1) is 25.8. The van der Waals surface area contributed by atoms with Crippen LogP contribution in [-0.2, 0) is 0 Å². The van der Waals surface area contributed by atoms with Crippen molar-refractivity contribution in [3.8, 4) is 0 Å². The summed E-state index contributed by atoms with van der Waals surface area (Å²) in [6, 6.07) is 0. The predicted molar refractivity (Wildman–Crippen MR) is 129 cm³/mol. The molecule has 0 aromatic rings. The van der Waals surface area contributed by atoms with Crippen LogP contribution in [0, 0.1) is 46.3 Å². The molecule has 3 rings (SSSR count). The van der Waals surface area contributed by atoms with E-state index in [0.29, 0.717) is 16.7 Å². The minimum absolute atomic E-state index is 0. The molecule has 8 unspecified atom stereocenters. The van der Waals surface area contributed by atoms with Crippen LogP contribution in [0.25, 0.3) is 0 Å². The van der Waals surface area contributed by atoms with E-state index in [1.165, 1.54) is 63.4 Å². The van der Waals surface area contributed by atoms with Crippen molar-refractivity contribution in [1.29, 1.82) is 0 Å². The average Bonchev–Trinajstić information content (AvgIpc) is 2.67. The first-order chi connectivity index (χ1) is 12.8. The third-order valence-electron chi connectivity index (χ3n) is 9.78. The Bertz CT molecular complexity index is 490. The number of rotatable bonds is 4. The zero-order valence-electron chi connectivity index (χ0n) is 20.0. The molecule has 0 radical (unpaired) electrons. The summed E-state index contributed by atoms with van der Waals surface area (Å²) in [5, 5.41) is 0. The molecule has 0 bridgehead atoms. The van der Waals surface area contributed by atoms with Crippen LogP contribution < -0.4 is 0 Å². The van der Waals surface area contributed by atoms with Gasteiger partial charge in [0.15, 0.2) is 0 Å². The minimum atomic E-state index is 0. The van der Waals surface area contributed by atoms with Crippen molar-refractivity contribution in [2.75, 3.05) is 0 Å². The van der Waals surface area contributed by atoms with Crippen LogP contribution in [0.15, 0.2) is 12.2 Å². The highest BCUT2D eigenvalue weighted by Gasteiger charge is 2.56. The molecule has 0 heteroatoms. The van der Waals surface area contributed by atoms with E-state index in [4.69, 9.17) is 0 Å². The Labute approximate surface area is 179 Å². The van der Waals surface area contributed by atoms with E-state index in [0.717, 1.165) is 29.6 Å². The zero-order valence-corrected chi connectivity index (χ0v) is 20.0. The van der Waals surface area contributed by atoms with Crippen LogP contribution in [0.5, 0.6) is 0 Å². The van der Waals surface area contributed by atoms with Crippen molar-refractivity contribution in [3.63, 3.8) is 0 Å². The molecule has 0 amide bonds. The Morgan fingerprint density at radius 3 is 2.11 bits per heavy atom. The Morgan fingerprint density at radius 2 is 1.57 bits per heavy atom. The molecule has 3 saturated carbocycles. The number of hydrogen-bond donors (Lipinski definition) is 0. The SMILES string of the molecule is C.C=C(C)C(C)C1(C)CCC2C(CCC3(C)CC(CC)CCC23)C1CC.CC. The normalized spacial score (nSPS) is 43.4. The van der Waals surface area contributed by atoms with E-state index in [-0.39, 0.29) is 7.43 Å². The lowest BCUT2D eigenvalue weighted by Gasteiger charge is -2.61. The van der Waals surface area contributed by atoms with E-state index in [1.807, 2.05) is 13.8 Å². The minimum Gasteiger partial charge on any atom is -0.0999 e. The van der Waals surface area contributed by atoms with Gasteiger partial charge in [-0.1, -0.05) is 87.3 Å². The van der Waals surface area contributed by atoms with Gasteiger partial charge in [0, 0.05) is 0 Å². The molecule has 3 aliphatic rings. The molecule has 0 aromatic heterocycles. The van der Waals surface area contributed by atoms with E-state index in [9.17, 15) is 0 Å². The molecule has 0 nitrogen and oxygen atoms in total. The Balaban J connectivity index is 0.00000127. The molecule has 0 saturated heterocycles. The fourth-order valence-electron chi connectivity index (χ4n) is 7.99.